The van der Waals surface area contributed by atoms with Crippen LogP contribution in [0.1, 0.15) is 5.56 Å². The molecule has 0 spiro atoms. The van der Waals surface area contributed by atoms with E-state index in [9.17, 15) is 0 Å². The minimum atomic E-state index is 0.0186. The summed E-state index contributed by atoms with van der Waals surface area (Å²) in [5.41, 5.74) is 3.96. The molecule has 0 radical (unpaired) electrons. The van der Waals surface area contributed by atoms with Crippen LogP contribution in [-0.4, -0.2) is 21.5 Å². The molecule has 21 heavy (non-hydrogen) atoms. The summed E-state index contributed by atoms with van der Waals surface area (Å²) in [6.45, 7) is 0.0186. The van der Waals surface area contributed by atoms with Crippen molar-refractivity contribution >= 4 is 6.08 Å². The normalized spacial score (nSPS) is 11.1. The van der Waals surface area contributed by atoms with Crippen LogP contribution in [0.15, 0.2) is 72.9 Å². The Morgan fingerprint density at radius 3 is 2.29 bits per heavy atom. The fourth-order valence-corrected chi connectivity index (χ4v) is 2.22. The topological polar surface area (TPSA) is 38.0 Å². The molecule has 3 nitrogen and oxygen atoms in total. The van der Waals surface area contributed by atoms with Crippen LogP contribution in [0.25, 0.3) is 23.0 Å². The van der Waals surface area contributed by atoms with Gasteiger partial charge in [-0.15, -0.1) is 0 Å². The molecule has 0 aliphatic carbocycles. The van der Waals surface area contributed by atoms with E-state index in [1.54, 1.807) is 6.08 Å². The van der Waals surface area contributed by atoms with E-state index >= 15 is 0 Å². The van der Waals surface area contributed by atoms with Crippen molar-refractivity contribution < 1.29 is 5.11 Å². The maximum absolute atomic E-state index is 9.00. The fraction of sp³-hybridized carbons (Fsp3) is 0.0556. The summed E-state index contributed by atoms with van der Waals surface area (Å²) < 4.78 is 1.86. The van der Waals surface area contributed by atoms with Gasteiger partial charge in [0.1, 0.15) is 0 Å². The lowest BCUT2D eigenvalue weighted by molar-refractivity contribution is 0.343. The van der Waals surface area contributed by atoms with Gasteiger partial charge in [-0.3, -0.25) is 0 Å². The van der Waals surface area contributed by atoms with Crippen LogP contribution in [0.3, 0.4) is 0 Å². The average molecular weight is 276 g/mol. The Balaban J connectivity index is 2.10. The van der Waals surface area contributed by atoms with E-state index in [0.29, 0.717) is 0 Å². The summed E-state index contributed by atoms with van der Waals surface area (Å²) in [7, 11) is 0. The van der Waals surface area contributed by atoms with E-state index in [0.717, 1.165) is 22.5 Å². The van der Waals surface area contributed by atoms with Crippen molar-refractivity contribution in [1.82, 2.24) is 9.78 Å². The van der Waals surface area contributed by atoms with E-state index < -0.39 is 0 Å². The van der Waals surface area contributed by atoms with Crippen LogP contribution in [-0.2, 0) is 0 Å². The quantitative estimate of drug-likeness (QED) is 0.791. The first kappa shape index (κ1) is 13.3. The van der Waals surface area contributed by atoms with Gasteiger partial charge in [0, 0.05) is 17.3 Å². The molecule has 3 rings (SSSR count). The van der Waals surface area contributed by atoms with Crippen molar-refractivity contribution in [2.45, 2.75) is 0 Å². The van der Waals surface area contributed by atoms with E-state index in [1.165, 1.54) is 0 Å². The van der Waals surface area contributed by atoms with Crippen LogP contribution < -0.4 is 0 Å². The van der Waals surface area contributed by atoms with Gasteiger partial charge >= 0.3 is 0 Å². The standard InChI is InChI=1S/C18H16N2O/c21-13-7-10-16-14-20(17-11-5-2-6-12-17)19-18(16)15-8-3-1-4-9-15/h1-12,14,21H,13H2. The monoisotopic (exact) mass is 276 g/mol. The molecule has 1 aromatic heterocycles. The van der Waals surface area contributed by atoms with E-state index in [-0.39, 0.29) is 6.61 Å². The summed E-state index contributed by atoms with van der Waals surface area (Å²) in [5.74, 6) is 0. The number of benzene rings is 2. The van der Waals surface area contributed by atoms with Crippen molar-refractivity contribution in [1.29, 1.82) is 0 Å². The zero-order valence-corrected chi connectivity index (χ0v) is 11.6. The molecule has 3 aromatic rings. The van der Waals surface area contributed by atoms with Crippen molar-refractivity contribution in [3.05, 3.63) is 78.5 Å². The molecule has 0 aliphatic rings. The Morgan fingerprint density at radius 1 is 0.952 bits per heavy atom. The Morgan fingerprint density at radius 2 is 1.62 bits per heavy atom. The van der Waals surface area contributed by atoms with Gasteiger partial charge in [-0.05, 0) is 12.1 Å². The molecule has 104 valence electrons. The summed E-state index contributed by atoms with van der Waals surface area (Å²) in [4.78, 5) is 0. The second-order valence-corrected chi connectivity index (χ2v) is 4.66. The van der Waals surface area contributed by atoms with Crippen LogP contribution in [0.4, 0.5) is 0 Å². The number of hydrogen-bond donors (Lipinski definition) is 1. The lowest BCUT2D eigenvalue weighted by Crippen LogP contribution is -1.93. The zero-order chi connectivity index (χ0) is 14.5. The third-order valence-electron chi connectivity index (χ3n) is 3.21. The fourth-order valence-electron chi connectivity index (χ4n) is 2.22. The van der Waals surface area contributed by atoms with Crippen LogP contribution in [0.2, 0.25) is 0 Å². The molecule has 1 heterocycles. The van der Waals surface area contributed by atoms with Gasteiger partial charge in [0.25, 0.3) is 0 Å². The van der Waals surface area contributed by atoms with Crippen molar-refractivity contribution in [2.75, 3.05) is 6.61 Å². The average Bonchev–Trinajstić information content (AvgIpc) is 2.99. The van der Waals surface area contributed by atoms with Gasteiger partial charge in [0.2, 0.25) is 0 Å². The highest BCUT2D eigenvalue weighted by Crippen LogP contribution is 2.24. The van der Waals surface area contributed by atoms with Gasteiger partial charge in [0.15, 0.2) is 0 Å². The third-order valence-corrected chi connectivity index (χ3v) is 3.21. The SMILES string of the molecule is OCC=Cc1cn(-c2ccccc2)nc1-c1ccccc1. The maximum atomic E-state index is 9.00. The van der Waals surface area contributed by atoms with Gasteiger partial charge in [-0.2, -0.15) is 5.10 Å². The Kier molecular flexibility index (Phi) is 3.94. The first-order chi connectivity index (χ1) is 10.4. The first-order valence-corrected chi connectivity index (χ1v) is 6.86. The highest BCUT2D eigenvalue weighted by atomic mass is 16.2. The minimum absolute atomic E-state index is 0.0186. The maximum Gasteiger partial charge on any atom is 0.0999 e. The first-order valence-electron chi connectivity index (χ1n) is 6.86. The zero-order valence-electron chi connectivity index (χ0n) is 11.6. The number of aromatic nitrogens is 2. The number of aliphatic hydroxyl groups is 1. The van der Waals surface area contributed by atoms with E-state index in [2.05, 4.69) is 5.10 Å². The molecular weight excluding hydrogens is 260 g/mol. The van der Waals surface area contributed by atoms with E-state index in [4.69, 9.17) is 5.11 Å². The lowest BCUT2D eigenvalue weighted by Gasteiger charge is -2.00. The van der Waals surface area contributed by atoms with Gasteiger partial charge in [-0.25, -0.2) is 4.68 Å². The number of rotatable bonds is 4. The second kappa shape index (κ2) is 6.20. The Hall–Kier alpha value is -2.65. The smallest absolute Gasteiger partial charge is 0.0999 e. The third kappa shape index (κ3) is 2.93. The molecule has 0 saturated carbocycles. The molecule has 0 atom stereocenters. The van der Waals surface area contributed by atoms with Crippen LogP contribution in [0, 0.1) is 0 Å². The number of nitrogens with zero attached hydrogens (tertiary/aromatic N) is 2. The molecule has 0 fully saturated rings. The summed E-state index contributed by atoms with van der Waals surface area (Å²) in [5, 5.41) is 13.7. The molecule has 0 bridgehead atoms. The number of aliphatic hydroxyl groups excluding tert-OH is 1. The number of hydrogen-bond acceptors (Lipinski definition) is 2. The van der Waals surface area contributed by atoms with Gasteiger partial charge < -0.3 is 5.11 Å². The molecular formula is C18H16N2O. The largest absolute Gasteiger partial charge is 0.392 e. The summed E-state index contributed by atoms with van der Waals surface area (Å²) in [6.07, 6.45) is 5.59. The molecule has 3 heteroatoms. The molecule has 0 unspecified atom stereocenters. The molecule has 2 aromatic carbocycles. The predicted octanol–water partition coefficient (Wildman–Crippen LogP) is 3.54. The van der Waals surface area contributed by atoms with Gasteiger partial charge in [0.05, 0.1) is 18.0 Å². The van der Waals surface area contributed by atoms with Crippen LogP contribution in [0.5, 0.6) is 0 Å². The highest BCUT2D eigenvalue weighted by molar-refractivity contribution is 5.72. The molecule has 0 amide bonds. The molecule has 1 N–H and O–H groups in total. The van der Waals surface area contributed by atoms with E-state index in [1.807, 2.05) is 77.6 Å². The summed E-state index contributed by atoms with van der Waals surface area (Å²) in [6, 6.07) is 20.0. The Labute approximate surface area is 123 Å². The summed E-state index contributed by atoms with van der Waals surface area (Å²) >= 11 is 0. The van der Waals surface area contributed by atoms with Crippen LogP contribution >= 0.6 is 0 Å². The lowest BCUT2D eigenvalue weighted by atomic mass is 10.1. The van der Waals surface area contributed by atoms with Crippen molar-refractivity contribution in [3.8, 4) is 16.9 Å². The molecule has 0 aliphatic heterocycles. The predicted molar refractivity (Wildman–Crippen MR) is 85.1 cm³/mol. The number of para-hydroxylation sites is 1. The van der Waals surface area contributed by atoms with Crippen molar-refractivity contribution in [3.63, 3.8) is 0 Å². The highest BCUT2D eigenvalue weighted by Gasteiger charge is 2.09. The van der Waals surface area contributed by atoms with Crippen molar-refractivity contribution in [2.24, 2.45) is 0 Å². The molecule has 0 saturated heterocycles. The minimum Gasteiger partial charge on any atom is -0.392 e. The van der Waals surface area contributed by atoms with Gasteiger partial charge in [-0.1, -0.05) is 60.7 Å². The Bertz CT molecular complexity index is 730. The second-order valence-electron chi connectivity index (χ2n) is 4.66.